The van der Waals surface area contributed by atoms with Crippen LogP contribution in [0.1, 0.15) is 16.1 Å². The van der Waals surface area contributed by atoms with E-state index in [1.807, 2.05) is 18.2 Å². The maximum absolute atomic E-state index is 12.8. The van der Waals surface area contributed by atoms with Gasteiger partial charge in [0.2, 0.25) is 15.9 Å². The van der Waals surface area contributed by atoms with Crippen molar-refractivity contribution in [1.82, 2.24) is 9.78 Å². The fraction of sp³-hybridized carbons (Fsp3) is 0.0385. The van der Waals surface area contributed by atoms with E-state index in [1.54, 1.807) is 53.2 Å². The fourth-order valence-electron chi connectivity index (χ4n) is 4.19. The van der Waals surface area contributed by atoms with Gasteiger partial charge < -0.3 is 11.1 Å². The third kappa shape index (κ3) is 4.77. The van der Waals surface area contributed by atoms with Gasteiger partial charge in [0.1, 0.15) is 0 Å². The van der Waals surface area contributed by atoms with Crippen LogP contribution >= 0.6 is 11.6 Å². The third-order valence-corrected chi connectivity index (χ3v) is 7.09. The van der Waals surface area contributed by atoms with Crippen molar-refractivity contribution in [2.24, 2.45) is 10.9 Å². The van der Waals surface area contributed by atoms with E-state index in [9.17, 15) is 18.0 Å². The molecular weight excluding hydrogens is 514 g/mol. The van der Waals surface area contributed by atoms with Crippen molar-refractivity contribution in [3.8, 4) is 5.69 Å². The molecule has 0 fully saturated rings. The minimum absolute atomic E-state index is 0.0852. The van der Waals surface area contributed by atoms with E-state index in [1.165, 1.54) is 12.1 Å². The van der Waals surface area contributed by atoms with E-state index in [4.69, 9.17) is 22.5 Å². The lowest BCUT2D eigenvalue weighted by Crippen LogP contribution is -2.14. The summed E-state index contributed by atoms with van der Waals surface area (Å²) >= 11 is 6.17. The number of fused-ring (bicyclic) bond motifs is 3. The fourth-order valence-corrected chi connectivity index (χ4v) is 4.96. The number of primary amides is 1. The number of amides is 2. The van der Waals surface area contributed by atoms with Crippen LogP contribution in [0.2, 0.25) is 5.02 Å². The van der Waals surface area contributed by atoms with Gasteiger partial charge in [0.25, 0.3) is 5.91 Å². The van der Waals surface area contributed by atoms with Crippen molar-refractivity contribution in [3.05, 3.63) is 95.1 Å². The van der Waals surface area contributed by atoms with Gasteiger partial charge in [-0.05, 0) is 47.9 Å². The van der Waals surface area contributed by atoms with Gasteiger partial charge in [-0.25, -0.2) is 18.2 Å². The van der Waals surface area contributed by atoms with Gasteiger partial charge in [0, 0.05) is 16.5 Å². The van der Waals surface area contributed by atoms with Crippen LogP contribution < -0.4 is 16.2 Å². The second-order valence-electron chi connectivity index (χ2n) is 8.38. The summed E-state index contributed by atoms with van der Waals surface area (Å²) in [4.78, 5) is 24.5. The number of nitrogens with zero attached hydrogens (tertiary/aromatic N) is 2. The largest absolute Gasteiger partial charge is 0.369 e. The molecule has 0 aliphatic heterocycles. The number of sulfonamides is 1. The molecule has 0 aliphatic rings. The number of carbonyl (C=O) groups is 2. The Morgan fingerprint density at radius 2 is 1.70 bits per heavy atom. The maximum Gasteiger partial charge on any atom is 0.257 e. The number of halogens is 1. The van der Waals surface area contributed by atoms with Crippen molar-refractivity contribution in [2.75, 3.05) is 5.32 Å². The molecule has 37 heavy (non-hydrogen) atoms. The van der Waals surface area contributed by atoms with Gasteiger partial charge in [0.15, 0.2) is 0 Å². The quantitative estimate of drug-likeness (QED) is 0.303. The summed E-state index contributed by atoms with van der Waals surface area (Å²) < 4.78 is 25.5. The standard InChI is InChI=1S/C26H20ClN5O4S/c27-22-7-2-1-6-19(22)26(34)30-16-10-8-15-9-11-20-23(14-24(28)33)31-32(25(20)21(15)12-16)17-4-3-5-18(13-17)37(29,35)36/h1-13H,14H2,(H2,28,33)(H,30,34)(H2,29,35,36). The number of rotatable bonds is 6. The predicted molar refractivity (Wildman–Crippen MR) is 142 cm³/mol. The maximum atomic E-state index is 12.8. The zero-order valence-corrected chi connectivity index (χ0v) is 20.8. The van der Waals surface area contributed by atoms with Crippen LogP contribution in [0.5, 0.6) is 0 Å². The molecule has 0 saturated heterocycles. The lowest BCUT2D eigenvalue weighted by molar-refractivity contribution is -0.117. The van der Waals surface area contributed by atoms with E-state index in [-0.39, 0.29) is 17.2 Å². The minimum Gasteiger partial charge on any atom is -0.369 e. The summed E-state index contributed by atoms with van der Waals surface area (Å²) in [7, 11) is -3.96. The lowest BCUT2D eigenvalue weighted by atomic mass is 10.0. The van der Waals surface area contributed by atoms with Crippen LogP contribution in [-0.2, 0) is 21.2 Å². The van der Waals surface area contributed by atoms with Crippen molar-refractivity contribution in [1.29, 1.82) is 0 Å². The Kier molecular flexibility index (Phi) is 6.16. The Labute approximate surface area is 216 Å². The molecule has 0 radical (unpaired) electrons. The van der Waals surface area contributed by atoms with Crippen LogP contribution in [0.15, 0.2) is 83.8 Å². The van der Waals surface area contributed by atoms with Crippen LogP contribution in [0.3, 0.4) is 0 Å². The Morgan fingerprint density at radius 3 is 2.43 bits per heavy atom. The van der Waals surface area contributed by atoms with E-state index in [0.717, 1.165) is 5.39 Å². The van der Waals surface area contributed by atoms with Crippen LogP contribution in [0, 0.1) is 0 Å². The van der Waals surface area contributed by atoms with Crippen molar-refractivity contribution in [2.45, 2.75) is 11.3 Å². The molecule has 9 nitrogen and oxygen atoms in total. The average molecular weight is 534 g/mol. The molecule has 5 rings (SSSR count). The molecule has 2 amide bonds. The topological polar surface area (TPSA) is 150 Å². The molecule has 5 aromatic rings. The van der Waals surface area contributed by atoms with Crippen LogP contribution in [0.4, 0.5) is 5.69 Å². The molecule has 0 unspecified atom stereocenters. The second kappa shape index (κ2) is 9.32. The molecule has 186 valence electrons. The molecule has 1 aromatic heterocycles. The Bertz CT molecular complexity index is 1830. The second-order valence-corrected chi connectivity index (χ2v) is 10.3. The SMILES string of the molecule is NC(=O)Cc1nn(-c2cccc(S(N)(=O)=O)c2)c2c1ccc1ccc(NC(=O)c3ccccc3Cl)cc12. The number of primary sulfonamides is 1. The highest BCUT2D eigenvalue weighted by Crippen LogP contribution is 2.32. The van der Waals surface area contributed by atoms with Gasteiger partial charge in [-0.1, -0.05) is 48.0 Å². The average Bonchev–Trinajstić information content (AvgIpc) is 3.22. The van der Waals surface area contributed by atoms with Crippen LogP contribution in [-0.4, -0.2) is 30.0 Å². The number of aromatic nitrogens is 2. The zero-order valence-electron chi connectivity index (χ0n) is 19.2. The molecule has 0 saturated carbocycles. The monoisotopic (exact) mass is 533 g/mol. The molecule has 5 N–H and O–H groups in total. The normalized spacial score (nSPS) is 11.6. The lowest BCUT2D eigenvalue weighted by Gasteiger charge is -2.11. The van der Waals surface area contributed by atoms with E-state index in [0.29, 0.717) is 43.9 Å². The molecular formula is C26H20ClN5O4S. The van der Waals surface area contributed by atoms with Gasteiger partial charge in [-0.2, -0.15) is 5.10 Å². The van der Waals surface area contributed by atoms with Gasteiger partial charge >= 0.3 is 0 Å². The summed E-state index contributed by atoms with van der Waals surface area (Å²) in [6.07, 6.45) is -0.118. The summed E-state index contributed by atoms with van der Waals surface area (Å²) in [5.41, 5.74) is 7.75. The number of anilines is 1. The molecule has 11 heteroatoms. The smallest absolute Gasteiger partial charge is 0.257 e. The van der Waals surface area contributed by atoms with Crippen molar-refractivity contribution < 1.29 is 18.0 Å². The van der Waals surface area contributed by atoms with Crippen molar-refractivity contribution in [3.63, 3.8) is 0 Å². The molecule has 0 spiro atoms. The first-order valence-electron chi connectivity index (χ1n) is 11.0. The number of hydrogen-bond donors (Lipinski definition) is 3. The predicted octanol–water partition coefficient (Wildman–Crippen LogP) is 3.76. The van der Waals surface area contributed by atoms with Crippen molar-refractivity contribution >= 4 is 60.8 Å². The molecule has 0 bridgehead atoms. The van der Waals surface area contributed by atoms with Crippen LogP contribution in [0.25, 0.3) is 27.4 Å². The summed E-state index contributed by atoms with van der Waals surface area (Å²) in [5.74, 6) is -0.938. The van der Waals surface area contributed by atoms with Gasteiger partial charge in [-0.15, -0.1) is 0 Å². The zero-order chi connectivity index (χ0) is 26.3. The number of carbonyl (C=O) groups excluding carboxylic acids is 2. The molecule has 1 heterocycles. The van der Waals surface area contributed by atoms with E-state index < -0.39 is 15.9 Å². The molecule has 0 aliphatic carbocycles. The van der Waals surface area contributed by atoms with E-state index >= 15 is 0 Å². The number of nitrogens with two attached hydrogens (primary N) is 2. The highest BCUT2D eigenvalue weighted by Gasteiger charge is 2.19. The number of hydrogen-bond acceptors (Lipinski definition) is 5. The molecule has 4 aromatic carbocycles. The van der Waals surface area contributed by atoms with Gasteiger partial charge in [-0.3, -0.25) is 9.59 Å². The van der Waals surface area contributed by atoms with E-state index in [2.05, 4.69) is 10.4 Å². The number of nitrogens with one attached hydrogen (secondary N) is 1. The first-order valence-corrected chi connectivity index (χ1v) is 13.0. The highest BCUT2D eigenvalue weighted by molar-refractivity contribution is 7.89. The Morgan fingerprint density at radius 1 is 0.946 bits per heavy atom. The minimum atomic E-state index is -3.96. The van der Waals surface area contributed by atoms with Gasteiger partial charge in [0.05, 0.1) is 38.8 Å². The number of benzene rings is 4. The third-order valence-electron chi connectivity index (χ3n) is 5.85. The first-order chi connectivity index (χ1) is 17.6. The Hall–Kier alpha value is -4.25. The highest BCUT2D eigenvalue weighted by atomic mass is 35.5. The Balaban J connectivity index is 1.71. The summed E-state index contributed by atoms with van der Waals surface area (Å²) in [6.45, 7) is 0. The summed E-state index contributed by atoms with van der Waals surface area (Å²) in [6, 6.07) is 21.8. The molecule has 0 atom stereocenters. The summed E-state index contributed by atoms with van der Waals surface area (Å²) in [5, 5.41) is 15.3. The first kappa shape index (κ1) is 24.4.